The van der Waals surface area contributed by atoms with E-state index in [2.05, 4.69) is 5.32 Å². The Kier molecular flexibility index (Phi) is 9.99. The number of rotatable bonds is 6. The fourth-order valence-electron chi connectivity index (χ4n) is 3.63. The van der Waals surface area contributed by atoms with Crippen LogP contribution < -0.4 is 15.8 Å². The molecule has 1 aliphatic carbocycles. The zero-order chi connectivity index (χ0) is 18.5. The lowest BCUT2D eigenvalue weighted by Gasteiger charge is -2.19. The summed E-state index contributed by atoms with van der Waals surface area (Å²) >= 11 is 0. The van der Waals surface area contributed by atoms with Crippen molar-refractivity contribution in [2.45, 2.75) is 89.5 Å². The second-order valence-corrected chi connectivity index (χ2v) is 7.51. The minimum atomic E-state index is 0.159. The molecular weight excluding hydrogens is 324 g/mol. The SMILES string of the molecule is Nc1ccccc1OCCCC(=O)NC1CCCCCCCCCCC1. The third-order valence-corrected chi connectivity index (χ3v) is 5.20. The average Bonchev–Trinajstić information content (AvgIpc) is 2.62. The van der Waals surface area contributed by atoms with Crippen molar-refractivity contribution in [1.29, 1.82) is 0 Å². The van der Waals surface area contributed by atoms with E-state index in [-0.39, 0.29) is 5.91 Å². The van der Waals surface area contributed by atoms with Crippen LogP contribution in [0, 0.1) is 0 Å². The third-order valence-electron chi connectivity index (χ3n) is 5.20. The number of benzene rings is 1. The highest BCUT2D eigenvalue weighted by atomic mass is 16.5. The van der Waals surface area contributed by atoms with Gasteiger partial charge in [-0.05, 0) is 31.4 Å². The van der Waals surface area contributed by atoms with Crippen molar-refractivity contribution in [2.75, 3.05) is 12.3 Å². The Hall–Kier alpha value is -1.71. The molecule has 0 atom stereocenters. The van der Waals surface area contributed by atoms with E-state index in [1.54, 1.807) is 0 Å². The van der Waals surface area contributed by atoms with E-state index in [1.165, 1.54) is 57.8 Å². The summed E-state index contributed by atoms with van der Waals surface area (Å²) < 4.78 is 5.66. The number of para-hydroxylation sites is 2. The highest BCUT2D eigenvalue weighted by Gasteiger charge is 2.12. The first kappa shape index (κ1) is 20.6. The molecule has 0 aromatic heterocycles. The average molecular weight is 361 g/mol. The summed E-state index contributed by atoms with van der Waals surface area (Å²) in [5.74, 6) is 0.860. The molecule has 1 aromatic carbocycles. The number of nitrogens with two attached hydrogens (primary N) is 1. The fraction of sp³-hybridized carbons (Fsp3) is 0.682. The van der Waals surface area contributed by atoms with Gasteiger partial charge in [-0.1, -0.05) is 69.9 Å². The molecule has 26 heavy (non-hydrogen) atoms. The summed E-state index contributed by atoms with van der Waals surface area (Å²) in [5.41, 5.74) is 6.50. The summed E-state index contributed by atoms with van der Waals surface area (Å²) in [7, 11) is 0. The van der Waals surface area contributed by atoms with E-state index >= 15 is 0 Å². The Morgan fingerprint density at radius 1 is 0.962 bits per heavy atom. The van der Waals surface area contributed by atoms with Crippen LogP contribution in [-0.2, 0) is 4.79 Å². The maximum Gasteiger partial charge on any atom is 0.220 e. The predicted octanol–water partition coefficient (Wildman–Crippen LogP) is 5.22. The zero-order valence-corrected chi connectivity index (χ0v) is 16.2. The molecule has 0 unspecified atom stereocenters. The van der Waals surface area contributed by atoms with Gasteiger partial charge >= 0.3 is 0 Å². The Morgan fingerprint density at radius 3 is 2.15 bits per heavy atom. The topological polar surface area (TPSA) is 64.3 Å². The van der Waals surface area contributed by atoms with E-state index in [4.69, 9.17) is 10.5 Å². The Labute approximate surface area is 158 Å². The molecule has 146 valence electrons. The quantitative estimate of drug-likeness (QED) is 0.540. The van der Waals surface area contributed by atoms with E-state index in [9.17, 15) is 4.79 Å². The van der Waals surface area contributed by atoms with Crippen molar-refractivity contribution in [1.82, 2.24) is 5.32 Å². The molecule has 0 saturated heterocycles. The molecule has 4 nitrogen and oxygen atoms in total. The van der Waals surface area contributed by atoms with Crippen LogP contribution in [-0.4, -0.2) is 18.6 Å². The molecule has 0 bridgehead atoms. The Morgan fingerprint density at radius 2 is 1.54 bits per heavy atom. The van der Waals surface area contributed by atoms with Crippen molar-refractivity contribution in [3.05, 3.63) is 24.3 Å². The second-order valence-electron chi connectivity index (χ2n) is 7.51. The lowest BCUT2D eigenvalue weighted by atomic mass is 9.98. The molecule has 1 aliphatic rings. The van der Waals surface area contributed by atoms with E-state index in [1.807, 2.05) is 24.3 Å². The molecule has 4 heteroatoms. The van der Waals surface area contributed by atoms with Crippen LogP contribution in [0.4, 0.5) is 5.69 Å². The molecule has 1 fully saturated rings. The number of amides is 1. The first-order chi connectivity index (χ1) is 12.8. The molecule has 1 saturated carbocycles. The van der Waals surface area contributed by atoms with E-state index in [0.717, 1.165) is 12.8 Å². The third kappa shape index (κ3) is 8.59. The van der Waals surface area contributed by atoms with Crippen LogP contribution in [0.15, 0.2) is 24.3 Å². The minimum Gasteiger partial charge on any atom is -0.491 e. The van der Waals surface area contributed by atoms with Crippen LogP contribution in [0.2, 0.25) is 0 Å². The van der Waals surface area contributed by atoms with Crippen LogP contribution in [0.25, 0.3) is 0 Å². The summed E-state index contributed by atoms with van der Waals surface area (Å²) in [4.78, 5) is 12.3. The highest BCUT2D eigenvalue weighted by molar-refractivity contribution is 5.76. The van der Waals surface area contributed by atoms with Gasteiger partial charge in [0, 0.05) is 12.5 Å². The van der Waals surface area contributed by atoms with Gasteiger partial charge in [-0.2, -0.15) is 0 Å². The van der Waals surface area contributed by atoms with Crippen LogP contribution >= 0.6 is 0 Å². The normalized spacial score (nSPS) is 17.7. The molecule has 1 amide bonds. The Balaban J connectivity index is 1.64. The van der Waals surface area contributed by atoms with Crippen molar-refractivity contribution in [2.24, 2.45) is 0 Å². The smallest absolute Gasteiger partial charge is 0.220 e. The largest absolute Gasteiger partial charge is 0.491 e. The second kappa shape index (κ2) is 12.6. The zero-order valence-electron chi connectivity index (χ0n) is 16.2. The van der Waals surface area contributed by atoms with E-state index < -0.39 is 0 Å². The molecule has 0 spiro atoms. The number of hydrogen-bond acceptors (Lipinski definition) is 3. The standard InChI is InChI=1S/C22H36N2O2/c23-20-15-10-11-16-21(20)26-18-12-17-22(25)24-19-13-8-6-4-2-1-3-5-7-9-14-19/h10-11,15-16,19H,1-9,12-14,17-18,23H2,(H,24,25). The molecule has 1 aromatic rings. The monoisotopic (exact) mass is 360 g/mol. The van der Waals surface area contributed by atoms with Gasteiger partial charge < -0.3 is 15.8 Å². The number of carbonyl (C=O) groups is 1. The first-order valence-corrected chi connectivity index (χ1v) is 10.5. The van der Waals surface area contributed by atoms with Gasteiger partial charge in [0.1, 0.15) is 5.75 Å². The van der Waals surface area contributed by atoms with Gasteiger partial charge in [0.15, 0.2) is 0 Å². The summed E-state index contributed by atoms with van der Waals surface area (Å²) in [6.45, 7) is 0.520. The number of hydrogen-bond donors (Lipinski definition) is 2. The molecule has 0 radical (unpaired) electrons. The lowest BCUT2D eigenvalue weighted by molar-refractivity contribution is -0.122. The van der Waals surface area contributed by atoms with Crippen molar-refractivity contribution < 1.29 is 9.53 Å². The van der Waals surface area contributed by atoms with Gasteiger partial charge in [0.2, 0.25) is 5.91 Å². The van der Waals surface area contributed by atoms with Crippen molar-refractivity contribution in [3.63, 3.8) is 0 Å². The highest BCUT2D eigenvalue weighted by Crippen LogP contribution is 2.20. The van der Waals surface area contributed by atoms with Crippen molar-refractivity contribution in [3.8, 4) is 5.75 Å². The number of anilines is 1. The lowest BCUT2D eigenvalue weighted by Crippen LogP contribution is -2.35. The molecular formula is C22H36N2O2. The molecule has 2 rings (SSSR count). The molecule has 3 N–H and O–H groups in total. The van der Waals surface area contributed by atoms with E-state index in [0.29, 0.717) is 36.9 Å². The number of nitrogen functional groups attached to an aromatic ring is 1. The van der Waals surface area contributed by atoms with Gasteiger partial charge in [0.05, 0.1) is 12.3 Å². The fourth-order valence-corrected chi connectivity index (χ4v) is 3.63. The van der Waals surface area contributed by atoms with Crippen molar-refractivity contribution >= 4 is 11.6 Å². The predicted molar refractivity (Wildman–Crippen MR) is 108 cm³/mol. The number of carbonyl (C=O) groups excluding carboxylic acids is 1. The Bertz CT molecular complexity index is 507. The van der Waals surface area contributed by atoms with Gasteiger partial charge in [-0.3, -0.25) is 4.79 Å². The summed E-state index contributed by atoms with van der Waals surface area (Å²) in [6, 6.07) is 7.83. The van der Waals surface area contributed by atoms with Gasteiger partial charge in [-0.15, -0.1) is 0 Å². The van der Waals surface area contributed by atoms with Crippen LogP contribution in [0.5, 0.6) is 5.75 Å². The first-order valence-electron chi connectivity index (χ1n) is 10.5. The summed E-state index contributed by atoms with van der Waals surface area (Å²) in [6.07, 6.45) is 15.4. The minimum absolute atomic E-state index is 0.159. The number of nitrogens with one attached hydrogen (secondary N) is 1. The maximum atomic E-state index is 12.3. The number of ether oxygens (including phenoxy) is 1. The van der Waals surface area contributed by atoms with Crippen LogP contribution in [0.3, 0.4) is 0 Å². The van der Waals surface area contributed by atoms with Gasteiger partial charge in [-0.25, -0.2) is 0 Å². The molecule has 0 aliphatic heterocycles. The molecule has 0 heterocycles. The van der Waals surface area contributed by atoms with Crippen LogP contribution in [0.1, 0.15) is 83.5 Å². The maximum absolute atomic E-state index is 12.3. The van der Waals surface area contributed by atoms with Gasteiger partial charge in [0.25, 0.3) is 0 Å². The summed E-state index contributed by atoms with van der Waals surface area (Å²) in [5, 5.41) is 3.26.